The average Bonchev–Trinajstić information content (AvgIpc) is 2.39. The minimum absolute atomic E-state index is 0. The highest BCUT2D eigenvalue weighted by molar-refractivity contribution is 5.85. The number of hydrogen-bond acceptors (Lipinski definition) is 4. The molecule has 0 saturated carbocycles. The largest absolute Gasteiger partial charge is 0.476 e. The average molecular weight is 330 g/mol. The van der Waals surface area contributed by atoms with Crippen LogP contribution in [0.25, 0.3) is 11.4 Å². The van der Waals surface area contributed by atoms with Crippen LogP contribution in [-0.4, -0.2) is 42.1 Å². The number of ether oxygens (including phenoxy) is 1. The number of benzene rings is 1. The molecule has 0 unspecified atom stereocenters. The van der Waals surface area contributed by atoms with Gasteiger partial charge in [-0.05, 0) is 21.0 Å². The number of aryl methyl sites for hydroxylation is 1. The summed E-state index contributed by atoms with van der Waals surface area (Å²) in [7, 11) is 4.04. The Labute approximate surface area is 138 Å². The van der Waals surface area contributed by atoms with Crippen molar-refractivity contribution in [3.05, 3.63) is 42.1 Å². The Kier molecular flexibility index (Phi) is 8.93. The first-order valence-corrected chi connectivity index (χ1v) is 6.34. The van der Waals surface area contributed by atoms with Crippen LogP contribution in [0, 0.1) is 6.92 Å². The smallest absolute Gasteiger partial charge is 0.217 e. The van der Waals surface area contributed by atoms with Gasteiger partial charge in [-0.1, -0.05) is 30.3 Å². The van der Waals surface area contributed by atoms with E-state index in [9.17, 15) is 0 Å². The highest BCUT2D eigenvalue weighted by Gasteiger charge is 2.05. The van der Waals surface area contributed by atoms with Crippen LogP contribution in [0.1, 0.15) is 5.69 Å². The summed E-state index contributed by atoms with van der Waals surface area (Å²) in [6.45, 7) is 3.44. The van der Waals surface area contributed by atoms with Crippen molar-refractivity contribution in [2.45, 2.75) is 6.92 Å². The lowest BCUT2D eigenvalue weighted by Gasteiger charge is -2.11. The van der Waals surface area contributed by atoms with Gasteiger partial charge in [0, 0.05) is 23.9 Å². The molecule has 0 aliphatic carbocycles. The normalized spacial score (nSPS) is 9.71. The molecule has 116 valence electrons. The Morgan fingerprint density at radius 1 is 1.05 bits per heavy atom. The molecule has 1 aromatic heterocycles. The summed E-state index contributed by atoms with van der Waals surface area (Å²) in [5.41, 5.74) is 1.91. The fraction of sp³-hybridized carbons (Fsp3) is 0.333. The highest BCUT2D eigenvalue weighted by atomic mass is 35.5. The maximum Gasteiger partial charge on any atom is 0.217 e. The summed E-state index contributed by atoms with van der Waals surface area (Å²) in [6.07, 6.45) is 0. The van der Waals surface area contributed by atoms with Crippen molar-refractivity contribution < 1.29 is 4.74 Å². The quantitative estimate of drug-likeness (QED) is 0.844. The molecule has 0 amide bonds. The Morgan fingerprint density at radius 3 is 2.33 bits per heavy atom. The number of likely N-dealkylation sites (N-methyl/N-ethyl adjacent to an activating group) is 1. The van der Waals surface area contributed by atoms with Crippen molar-refractivity contribution >= 4 is 24.8 Å². The van der Waals surface area contributed by atoms with Gasteiger partial charge in [0.2, 0.25) is 5.88 Å². The fourth-order valence-electron chi connectivity index (χ4n) is 1.66. The monoisotopic (exact) mass is 329 g/mol. The summed E-state index contributed by atoms with van der Waals surface area (Å²) < 4.78 is 5.67. The van der Waals surface area contributed by atoms with Gasteiger partial charge in [-0.25, -0.2) is 4.98 Å². The van der Waals surface area contributed by atoms with Crippen LogP contribution in [-0.2, 0) is 0 Å². The van der Waals surface area contributed by atoms with E-state index in [4.69, 9.17) is 4.74 Å². The van der Waals surface area contributed by atoms with Gasteiger partial charge in [0.15, 0.2) is 5.82 Å². The van der Waals surface area contributed by atoms with Crippen molar-refractivity contribution in [1.82, 2.24) is 14.9 Å². The minimum Gasteiger partial charge on any atom is -0.476 e. The summed E-state index contributed by atoms with van der Waals surface area (Å²) >= 11 is 0. The molecule has 21 heavy (non-hydrogen) atoms. The molecule has 4 nitrogen and oxygen atoms in total. The van der Waals surface area contributed by atoms with Crippen LogP contribution in [0.15, 0.2) is 36.4 Å². The van der Waals surface area contributed by atoms with E-state index in [-0.39, 0.29) is 24.8 Å². The maximum absolute atomic E-state index is 5.67. The van der Waals surface area contributed by atoms with Gasteiger partial charge in [0.05, 0.1) is 0 Å². The van der Waals surface area contributed by atoms with E-state index >= 15 is 0 Å². The molecule has 0 aliphatic rings. The molecule has 0 fully saturated rings. The minimum atomic E-state index is 0. The number of aromatic nitrogens is 2. The molecular formula is C15H21Cl2N3O. The fourth-order valence-corrected chi connectivity index (χ4v) is 1.66. The molecule has 1 heterocycles. The molecule has 0 bridgehead atoms. The van der Waals surface area contributed by atoms with Crippen LogP contribution in [0.3, 0.4) is 0 Å². The standard InChI is InChI=1S/C15H19N3O.2ClH/c1-12-11-14(19-10-9-18(2)3)17-15(16-12)13-7-5-4-6-8-13;;/h4-8,11H,9-10H2,1-3H3;2*1H. The molecule has 0 radical (unpaired) electrons. The van der Waals surface area contributed by atoms with Gasteiger partial charge in [0.25, 0.3) is 0 Å². The highest BCUT2D eigenvalue weighted by Crippen LogP contribution is 2.18. The van der Waals surface area contributed by atoms with Gasteiger partial charge in [-0.2, -0.15) is 4.98 Å². The lowest BCUT2D eigenvalue weighted by atomic mass is 10.2. The van der Waals surface area contributed by atoms with E-state index in [0.717, 1.165) is 17.8 Å². The van der Waals surface area contributed by atoms with Gasteiger partial charge < -0.3 is 9.64 Å². The zero-order chi connectivity index (χ0) is 13.7. The molecule has 6 heteroatoms. The molecule has 1 aromatic carbocycles. The summed E-state index contributed by atoms with van der Waals surface area (Å²) in [5, 5.41) is 0. The zero-order valence-corrected chi connectivity index (χ0v) is 14.1. The lowest BCUT2D eigenvalue weighted by Crippen LogP contribution is -2.19. The van der Waals surface area contributed by atoms with Crippen molar-refractivity contribution in [3.8, 4) is 17.3 Å². The van der Waals surface area contributed by atoms with Crippen LogP contribution in [0.2, 0.25) is 0 Å². The zero-order valence-electron chi connectivity index (χ0n) is 12.4. The second-order valence-electron chi connectivity index (χ2n) is 4.69. The van der Waals surface area contributed by atoms with E-state index in [2.05, 4.69) is 14.9 Å². The first-order chi connectivity index (χ1) is 9.15. The van der Waals surface area contributed by atoms with Gasteiger partial charge in [0.1, 0.15) is 6.61 Å². The first kappa shape index (κ1) is 19.6. The van der Waals surface area contributed by atoms with E-state index in [0.29, 0.717) is 18.3 Å². The molecule has 0 saturated heterocycles. The lowest BCUT2D eigenvalue weighted by molar-refractivity contribution is 0.253. The van der Waals surface area contributed by atoms with Crippen molar-refractivity contribution in [2.24, 2.45) is 0 Å². The van der Waals surface area contributed by atoms with E-state index in [1.165, 1.54) is 0 Å². The van der Waals surface area contributed by atoms with E-state index in [1.54, 1.807) is 0 Å². The molecule has 2 rings (SSSR count). The summed E-state index contributed by atoms with van der Waals surface area (Å²) in [5.74, 6) is 1.34. The van der Waals surface area contributed by atoms with Crippen molar-refractivity contribution in [3.63, 3.8) is 0 Å². The Balaban J connectivity index is 0.00000200. The molecule has 0 N–H and O–H groups in total. The second-order valence-corrected chi connectivity index (χ2v) is 4.69. The molecular weight excluding hydrogens is 309 g/mol. The summed E-state index contributed by atoms with van der Waals surface area (Å²) in [6, 6.07) is 11.8. The molecule has 0 aliphatic heterocycles. The van der Waals surface area contributed by atoms with Gasteiger partial charge >= 0.3 is 0 Å². The predicted molar refractivity (Wildman–Crippen MR) is 90.8 cm³/mol. The number of halogens is 2. The van der Waals surface area contributed by atoms with Crippen LogP contribution < -0.4 is 4.74 Å². The molecule has 0 spiro atoms. The Hall–Kier alpha value is -1.36. The maximum atomic E-state index is 5.67. The third-order valence-corrected chi connectivity index (χ3v) is 2.65. The third-order valence-electron chi connectivity index (χ3n) is 2.65. The van der Waals surface area contributed by atoms with Gasteiger partial charge in [-0.3, -0.25) is 0 Å². The predicted octanol–water partition coefficient (Wildman–Crippen LogP) is 3.24. The Bertz CT molecular complexity index is 536. The van der Waals surface area contributed by atoms with Gasteiger partial charge in [-0.15, -0.1) is 24.8 Å². The Morgan fingerprint density at radius 2 is 1.71 bits per heavy atom. The molecule has 0 atom stereocenters. The summed E-state index contributed by atoms with van der Waals surface area (Å²) in [4.78, 5) is 11.0. The number of rotatable bonds is 5. The van der Waals surface area contributed by atoms with E-state index < -0.39 is 0 Å². The first-order valence-electron chi connectivity index (χ1n) is 6.34. The topological polar surface area (TPSA) is 38.2 Å². The SMILES string of the molecule is Cc1cc(OCCN(C)C)nc(-c2ccccc2)n1.Cl.Cl. The van der Waals surface area contributed by atoms with Crippen LogP contribution >= 0.6 is 24.8 Å². The number of hydrogen-bond donors (Lipinski definition) is 0. The molecule has 2 aromatic rings. The third kappa shape index (κ3) is 6.29. The van der Waals surface area contributed by atoms with Crippen molar-refractivity contribution in [1.29, 1.82) is 0 Å². The van der Waals surface area contributed by atoms with Crippen molar-refractivity contribution in [2.75, 3.05) is 27.2 Å². The van der Waals surface area contributed by atoms with Crippen LogP contribution in [0.5, 0.6) is 5.88 Å². The number of nitrogens with zero attached hydrogens (tertiary/aromatic N) is 3. The van der Waals surface area contributed by atoms with Crippen LogP contribution in [0.4, 0.5) is 0 Å². The second kappa shape index (κ2) is 9.55. The van der Waals surface area contributed by atoms with E-state index in [1.807, 2.05) is 57.4 Å².